The van der Waals surface area contributed by atoms with Crippen LogP contribution in [-0.4, -0.2) is 34.8 Å². The second kappa shape index (κ2) is 7.55. The van der Waals surface area contributed by atoms with E-state index in [4.69, 9.17) is 4.74 Å². The minimum Gasteiger partial charge on any atom is -0.478 e. The van der Waals surface area contributed by atoms with Gasteiger partial charge in [0.25, 0.3) is 0 Å². The molecule has 0 aliphatic carbocycles. The number of methoxy groups -OCH3 is 1. The lowest BCUT2D eigenvalue weighted by atomic mass is 9.96. The summed E-state index contributed by atoms with van der Waals surface area (Å²) in [5, 5.41) is 9.28. The molecular formula is C15H22O4S. The maximum absolute atomic E-state index is 12.5. The van der Waals surface area contributed by atoms with Crippen LogP contribution >= 0.6 is 0 Å². The SMILES string of the molecule is CCc1c(C(=O)O)ccc(C(C)C)c1[S@@](=O)CCOC. The molecule has 0 heterocycles. The molecule has 5 heteroatoms. The van der Waals surface area contributed by atoms with Crippen LogP contribution in [0.3, 0.4) is 0 Å². The van der Waals surface area contributed by atoms with Gasteiger partial charge in [-0.25, -0.2) is 4.79 Å². The van der Waals surface area contributed by atoms with Gasteiger partial charge in [0.2, 0.25) is 0 Å². The van der Waals surface area contributed by atoms with Crippen LogP contribution in [0.5, 0.6) is 0 Å². The zero-order valence-corrected chi connectivity index (χ0v) is 13.3. The van der Waals surface area contributed by atoms with E-state index in [1.807, 2.05) is 20.8 Å². The average Bonchev–Trinajstić information content (AvgIpc) is 2.42. The Morgan fingerprint density at radius 2 is 2.05 bits per heavy atom. The Bertz CT molecular complexity index is 509. The number of aromatic carboxylic acids is 1. The summed E-state index contributed by atoms with van der Waals surface area (Å²) in [6.07, 6.45) is 0.552. The number of hydrogen-bond donors (Lipinski definition) is 1. The normalized spacial score (nSPS) is 12.7. The third-order valence-electron chi connectivity index (χ3n) is 3.20. The average molecular weight is 298 g/mol. The van der Waals surface area contributed by atoms with Crippen LogP contribution in [0.4, 0.5) is 0 Å². The molecule has 1 atom stereocenters. The highest BCUT2D eigenvalue weighted by Crippen LogP contribution is 2.29. The van der Waals surface area contributed by atoms with Crippen molar-refractivity contribution < 1.29 is 18.8 Å². The van der Waals surface area contributed by atoms with Gasteiger partial charge in [-0.3, -0.25) is 4.21 Å². The van der Waals surface area contributed by atoms with Gasteiger partial charge in [-0.15, -0.1) is 0 Å². The first-order chi connectivity index (χ1) is 9.43. The van der Waals surface area contributed by atoms with Gasteiger partial charge in [0, 0.05) is 12.0 Å². The summed E-state index contributed by atoms with van der Waals surface area (Å²) in [7, 11) is 0.322. The van der Waals surface area contributed by atoms with E-state index in [1.165, 1.54) is 0 Å². The molecule has 0 radical (unpaired) electrons. The largest absolute Gasteiger partial charge is 0.478 e. The molecule has 0 aliphatic rings. The third-order valence-corrected chi connectivity index (χ3v) is 4.67. The van der Waals surface area contributed by atoms with Crippen LogP contribution in [0.2, 0.25) is 0 Å². The standard InChI is InChI=1S/C15H22O4S/c1-5-11-13(15(16)17)7-6-12(10(2)3)14(11)20(18)9-8-19-4/h6-7,10H,5,8-9H2,1-4H3,(H,16,17)/t20-/m0/s1. The van der Waals surface area contributed by atoms with Crippen molar-refractivity contribution in [1.29, 1.82) is 0 Å². The Labute approximate surface area is 122 Å². The van der Waals surface area contributed by atoms with Gasteiger partial charge in [0.05, 0.1) is 28.7 Å². The highest BCUT2D eigenvalue weighted by molar-refractivity contribution is 7.85. The molecule has 1 rings (SSSR count). The first-order valence-electron chi connectivity index (χ1n) is 6.70. The number of rotatable bonds is 7. The van der Waals surface area contributed by atoms with Crippen molar-refractivity contribution in [1.82, 2.24) is 0 Å². The summed E-state index contributed by atoms with van der Waals surface area (Å²) in [6.45, 7) is 6.33. The van der Waals surface area contributed by atoms with Crippen molar-refractivity contribution in [2.24, 2.45) is 0 Å². The van der Waals surface area contributed by atoms with Crippen molar-refractivity contribution in [3.63, 3.8) is 0 Å². The highest BCUT2D eigenvalue weighted by Gasteiger charge is 2.21. The first kappa shape index (κ1) is 16.9. The highest BCUT2D eigenvalue weighted by atomic mass is 32.2. The van der Waals surface area contributed by atoms with Gasteiger partial charge >= 0.3 is 5.97 Å². The van der Waals surface area contributed by atoms with E-state index >= 15 is 0 Å². The van der Waals surface area contributed by atoms with Gasteiger partial charge < -0.3 is 9.84 Å². The zero-order chi connectivity index (χ0) is 15.3. The van der Waals surface area contributed by atoms with Gasteiger partial charge in [-0.05, 0) is 29.5 Å². The molecule has 0 spiro atoms. The molecule has 20 heavy (non-hydrogen) atoms. The Morgan fingerprint density at radius 3 is 2.50 bits per heavy atom. The fourth-order valence-electron chi connectivity index (χ4n) is 2.18. The molecule has 0 amide bonds. The van der Waals surface area contributed by atoms with E-state index in [2.05, 4.69) is 0 Å². The fraction of sp³-hybridized carbons (Fsp3) is 0.533. The Hall–Kier alpha value is -1.20. The second-order valence-corrected chi connectivity index (χ2v) is 6.37. The summed E-state index contributed by atoms with van der Waals surface area (Å²) < 4.78 is 17.5. The molecule has 1 N–H and O–H groups in total. The van der Waals surface area contributed by atoms with Crippen LogP contribution < -0.4 is 0 Å². The Balaban J connectivity index is 3.44. The lowest BCUT2D eigenvalue weighted by Crippen LogP contribution is -2.14. The minimum absolute atomic E-state index is 0.199. The number of hydrogen-bond acceptors (Lipinski definition) is 3. The number of carboxylic acids is 1. The molecule has 1 aromatic rings. The van der Waals surface area contributed by atoms with Gasteiger partial charge in [0.15, 0.2) is 0 Å². The summed E-state index contributed by atoms with van der Waals surface area (Å²) in [5.41, 5.74) is 1.89. The monoisotopic (exact) mass is 298 g/mol. The molecule has 1 aromatic carbocycles. The predicted molar refractivity (Wildman–Crippen MR) is 80.0 cm³/mol. The second-order valence-electron chi connectivity index (χ2n) is 4.87. The van der Waals surface area contributed by atoms with E-state index in [9.17, 15) is 14.1 Å². The maximum Gasteiger partial charge on any atom is 0.336 e. The summed E-state index contributed by atoms with van der Waals surface area (Å²) in [6, 6.07) is 3.40. The smallest absolute Gasteiger partial charge is 0.336 e. The van der Waals surface area contributed by atoms with E-state index in [-0.39, 0.29) is 11.5 Å². The maximum atomic E-state index is 12.5. The quantitative estimate of drug-likeness (QED) is 0.840. The Kier molecular flexibility index (Phi) is 6.36. The molecular weight excluding hydrogens is 276 g/mol. The first-order valence-corrected chi connectivity index (χ1v) is 8.02. The molecule has 0 aliphatic heterocycles. The number of carbonyl (C=O) groups is 1. The molecule has 0 bridgehead atoms. The van der Waals surface area contributed by atoms with Crippen LogP contribution in [0.1, 0.15) is 48.2 Å². The third kappa shape index (κ3) is 3.67. The van der Waals surface area contributed by atoms with Gasteiger partial charge in [-0.2, -0.15) is 0 Å². The topological polar surface area (TPSA) is 63.6 Å². The molecule has 0 saturated heterocycles. The zero-order valence-electron chi connectivity index (χ0n) is 12.4. The minimum atomic E-state index is -1.24. The fourth-order valence-corrected chi connectivity index (χ4v) is 3.80. The van der Waals surface area contributed by atoms with Crippen LogP contribution in [-0.2, 0) is 22.0 Å². The van der Waals surface area contributed by atoms with Gasteiger partial charge in [-0.1, -0.05) is 26.8 Å². The van der Waals surface area contributed by atoms with Gasteiger partial charge in [0.1, 0.15) is 0 Å². The van der Waals surface area contributed by atoms with Crippen molar-refractivity contribution in [2.75, 3.05) is 19.5 Å². The van der Waals surface area contributed by atoms with Crippen molar-refractivity contribution in [3.8, 4) is 0 Å². The molecule has 0 unspecified atom stereocenters. The molecule has 0 aromatic heterocycles. The Morgan fingerprint density at radius 1 is 1.40 bits per heavy atom. The van der Waals surface area contributed by atoms with E-state index in [1.54, 1.807) is 19.2 Å². The molecule has 4 nitrogen and oxygen atoms in total. The number of benzene rings is 1. The molecule has 0 saturated carbocycles. The van der Waals surface area contributed by atoms with E-state index < -0.39 is 16.8 Å². The van der Waals surface area contributed by atoms with E-state index in [0.717, 1.165) is 5.56 Å². The van der Waals surface area contributed by atoms with E-state index in [0.29, 0.717) is 29.2 Å². The summed E-state index contributed by atoms with van der Waals surface area (Å²) in [5.74, 6) is -0.390. The molecule has 0 fully saturated rings. The van der Waals surface area contributed by atoms with Crippen molar-refractivity contribution in [2.45, 2.75) is 38.0 Å². The summed E-state index contributed by atoms with van der Waals surface area (Å²) >= 11 is 0. The van der Waals surface area contributed by atoms with Crippen molar-refractivity contribution in [3.05, 3.63) is 28.8 Å². The van der Waals surface area contributed by atoms with Crippen LogP contribution in [0.15, 0.2) is 17.0 Å². The van der Waals surface area contributed by atoms with Crippen LogP contribution in [0, 0.1) is 0 Å². The number of carboxylic acid groups (broad SMARTS) is 1. The lowest BCUT2D eigenvalue weighted by Gasteiger charge is -2.18. The predicted octanol–water partition coefficient (Wildman–Crippen LogP) is 2.82. The summed E-state index contributed by atoms with van der Waals surface area (Å²) in [4.78, 5) is 12.0. The van der Waals surface area contributed by atoms with Crippen molar-refractivity contribution >= 4 is 16.8 Å². The molecule has 112 valence electrons. The lowest BCUT2D eigenvalue weighted by molar-refractivity contribution is 0.0695. The number of ether oxygens (including phenoxy) is 1. The van der Waals surface area contributed by atoms with Crippen LogP contribution in [0.25, 0.3) is 0 Å².